The van der Waals surface area contributed by atoms with Crippen LogP contribution in [0, 0.1) is 20.8 Å². The molecule has 14 heavy (non-hydrogen) atoms. The summed E-state index contributed by atoms with van der Waals surface area (Å²) in [6, 6.07) is 1.86. The Bertz CT molecular complexity index is 368. The van der Waals surface area contributed by atoms with Crippen molar-refractivity contribution >= 4 is 0 Å². The summed E-state index contributed by atoms with van der Waals surface area (Å²) in [5, 5.41) is 3.69. The van der Waals surface area contributed by atoms with E-state index in [1.807, 2.05) is 33.8 Å². The summed E-state index contributed by atoms with van der Waals surface area (Å²) in [6.45, 7) is 7.80. The summed E-state index contributed by atoms with van der Waals surface area (Å²) in [6.07, 6.45) is 0. The molecule has 0 radical (unpaired) electrons. The first-order valence-electron chi connectivity index (χ1n) is 4.55. The number of rotatable bonds is 2. The zero-order chi connectivity index (χ0) is 10.7. The van der Waals surface area contributed by atoms with Crippen LogP contribution < -0.4 is 0 Å². The van der Waals surface area contributed by atoms with Gasteiger partial charge in [0.25, 0.3) is 0 Å². The van der Waals surface area contributed by atoms with E-state index >= 15 is 0 Å². The number of aryl methyl sites for hydroxylation is 3. The van der Waals surface area contributed by atoms with Crippen LogP contribution in [0.5, 0.6) is 0 Å². The lowest BCUT2D eigenvalue weighted by Gasteiger charge is -2.12. The Kier molecular flexibility index (Phi) is 3.10. The highest BCUT2D eigenvalue weighted by atomic mass is 15.1. The zero-order valence-corrected chi connectivity index (χ0v) is 8.94. The average molecular weight is 190 g/mol. The molecule has 0 N–H and O–H groups in total. The average Bonchev–Trinajstić information content (AvgIpc) is 2.01. The van der Waals surface area contributed by atoms with Gasteiger partial charge in [-0.1, -0.05) is 12.0 Å². The molecule has 1 aromatic heterocycles. The van der Waals surface area contributed by atoms with E-state index in [1.165, 1.54) is 0 Å². The van der Waals surface area contributed by atoms with Gasteiger partial charge < -0.3 is 0 Å². The molecular weight excluding hydrogens is 176 g/mol. The Morgan fingerprint density at radius 1 is 1.43 bits per heavy atom. The first-order valence-corrected chi connectivity index (χ1v) is 4.55. The molecule has 0 fully saturated rings. The minimum Gasteiger partial charge on any atom is -0.258 e. The van der Waals surface area contributed by atoms with Crippen LogP contribution in [-0.2, 0) is 0 Å². The standard InChI is InChI=1S/C10H14N4/c1-6-5-7(2)12-8(3)10(6)9(4)13-14-11/h5,9H,1-4H3/t9-/m1/s1. The van der Waals surface area contributed by atoms with Crippen LogP contribution in [0.4, 0.5) is 0 Å². The Morgan fingerprint density at radius 3 is 2.57 bits per heavy atom. The summed E-state index contributed by atoms with van der Waals surface area (Å²) < 4.78 is 0. The maximum Gasteiger partial charge on any atom is 0.0617 e. The molecule has 0 unspecified atom stereocenters. The monoisotopic (exact) mass is 190 g/mol. The highest BCUT2D eigenvalue weighted by Crippen LogP contribution is 2.23. The van der Waals surface area contributed by atoms with Crippen molar-refractivity contribution in [2.45, 2.75) is 33.7 Å². The van der Waals surface area contributed by atoms with Gasteiger partial charge in [0.1, 0.15) is 0 Å². The summed E-state index contributed by atoms with van der Waals surface area (Å²) in [7, 11) is 0. The first-order chi connectivity index (χ1) is 6.56. The van der Waals surface area contributed by atoms with Gasteiger partial charge in [0.05, 0.1) is 6.04 Å². The van der Waals surface area contributed by atoms with Gasteiger partial charge in [0.2, 0.25) is 0 Å². The van der Waals surface area contributed by atoms with Crippen molar-refractivity contribution in [2.24, 2.45) is 5.11 Å². The third-order valence-electron chi connectivity index (χ3n) is 2.23. The van der Waals surface area contributed by atoms with Crippen LogP contribution in [0.1, 0.15) is 35.5 Å². The van der Waals surface area contributed by atoms with E-state index in [0.29, 0.717) is 0 Å². The summed E-state index contributed by atoms with van der Waals surface area (Å²) in [4.78, 5) is 7.17. The fraction of sp³-hybridized carbons (Fsp3) is 0.500. The van der Waals surface area contributed by atoms with E-state index in [4.69, 9.17) is 5.53 Å². The molecule has 0 aromatic carbocycles. The Morgan fingerprint density at radius 2 is 2.07 bits per heavy atom. The van der Waals surface area contributed by atoms with Gasteiger partial charge in [-0.25, -0.2) is 0 Å². The van der Waals surface area contributed by atoms with Gasteiger partial charge in [-0.2, -0.15) is 0 Å². The molecule has 1 heterocycles. The largest absolute Gasteiger partial charge is 0.258 e. The second-order valence-corrected chi connectivity index (χ2v) is 3.46. The fourth-order valence-electron chi connectivity index (χ4n) is 1.80. The van der Waals surface area contributed by atoms with Crippen molar-refractivity contribution in [3.8, 4) is 0 Å². The maximum absolute atomic E-state index is 8.37. The fourth-order valence-corrected chi connectivity index (χ4v) is 1.80. The molecule has 1 aromatic rings. The van der Waals surface area contributed by atoms with Gasteiger partial charge in [-0.15, -0.1) is 0 Å². The van der Waals surface area contributed by atoms with Crippen molar-refractivity contribution in [1.29, 1.82) is 0 Å². The number of nitrogens with zero attached hydrogens (tertiary/aromatic N) is 4. The molecule has 0 aliphatic heterocycles. The molecule has 0 saturated carbocycles. The quantitative estimate of drug-likeness (QED) is 0.400. The zero-order valence-electron chi connectivity index (χ0n) is 8.94. The van der Waals surface area contributed by atoms with Crippen LogP contribution in [0.25, 0.3) is 10.4 Å². The summed E-state index contributed by atoms with van der Waals surface area (Å²) in [5.41, 5.74) is 12.5. The van der Waals surface area contributed by atoms with Gasteiger partial charge >= 0.3 is 0 Å². The topological polar surface area (TPSA) is 61.7 Å². The van der Waals surface area contributed by atoms with Crippen molar-refractivity contribution < 1.29 is 0 Å². The van der Waals surface area contributed by atoms with Crippen LogP contribution in [0.3, 0.4) is 0 Å². The molecule has 1 atom stereocenters. The number of hydrogen-bond acceptors (Lipinski definition) is 2. The summed E-state index contributed by atoms with van der Waals surface area (Å²) >= 11 is 0. The molecule has 0 amide bonds. The van der Waals surface area contributed by atoms with Crippen molar-refractivity contribution in [2.75, 3.05) is 0 Å². The molecule has 0 aliphatic rings. The predicted octanol–water partition coefficient (Wildman–Crippen LogP) is 3.38. The molecule has 0 saturated heterocycles. The molecule has 0 aliphatic carbocycles. The molecular formula is C10H14N4. The lowest BCUT2D eigenvalue weighted by molar-refractivity contribution is 0.779. The normalized spacial score (nSPS) is 12.0. The Balaban J connectivity index is 3.26. The highest BCUT2D eigenvalue weighted by molar-refractivity contribution is 5.33. The lowest BCUT2D eigenvalue weighted by Crippen LogP contribution is -2.00. The Hall–Kier alpha value is -1.54. The molecule has 4 nitrogen and oxygen atoms in total. The number of azide groups is 1. The van der Waals surface area contributed by atoms with Crippen LogP contribution >= 0.6 is 0 Å². The number of aromatic nitrogens is 1. The van der Waals surface area contributed by atoms with Crippen molar-refractivity contribution in [1.82, 2.24) is 4.98 Å². The molecule has 0 spiro atoms. The molecule has 4 heteroatoms. The van der Waals surface area contributed by atoms with E-state index < -0.39 is 0 Å². The minimum atomic E-state index is -0.145. The highest BCUT2D eigenvalue weighted by Gasteiger charge is 2.10. The van der Waals surface area contributed by atoms with E-state index in [0.717, 1.165) is 22.5 Å². The third kappa shape index (κ3) is 2.03. The molecule has 0 bridgehead atoms. The minimum absolute atomic E-state index is 0.145. The van der Waals surface area contributed by atoms with Gasteiger partial charge in [0.15, 0.2) is 0 Å². The van der Waals surface area contributed by atoms with Crippen LogP contribution in [-0.4, -0.2) is 4.98 Å². The van der Waals surface area contributed by atoms with Crippen LogP contribution in [0.2, 0.25) is 0 Å². The maximum atomic E-state index is 8.37. The molecule has 1 rings (SSSR count). The van der Waals surface area contributed by atoms with E-state index in [1.54, 1.807) is 0 Å². The number of pyridine rings is 1. The lowest BCUT2D eigenvalue weighted by atomic mass is 10.0. The van der Waals surface area contributed by atoms with E-state index in [-0.39, 0.29) is 6.04 Å². The van der Waals surface area contributed by atoms with E-state index in [2.05, 4.69) is 15.0 Å². The predicted molar refractivity (Wildman–Crippen MR) is 56.0 cm³/mol. The second-order valence-electron chi connectivity index (χ2n) is 3.46. The van der Waals surface area contributed by atoms with E-state index in [9.17, 15) is 0 Å². The van der Waals surface area contributed by atoms with Crippen LogP contribution in [0.15, 0.2) is 11.2 Å². The number of hydrogen-bond donors (Lipinski definition) is 0. The second kappa shape index (κ2) is 4.11. The Labute approximate surface area is 83.6 Å². The SMILES string of the molecule is Cc1cc(C)c([C@@H](C)N=[N+]=[N-])c(C)n1. The van der Waals surface area contributed by atoms with Crippen molar-refractivity contribution in [3.05, 3.63) is 39.0 Å². The van der Waals surface area contributed by atoms with Gasteiger partial charge in [-0.3, -0.25) is 4.98 Å². The first kappa shape index (κ1) is 10.5. The van der Waals surface area contributed by atoms with Gasteiger partial charge in [0, 0.05) is 16.3 Å². The third-order valence-corrected chi connectivity index (χ3v) is 2.23. The molecule has 74 valence electrons. The van der Waals surface area contributed by atoms with Gasteiger partial charge in [-0.05, 0) is 43.5 Å². The summed E-state index contributed by atoms with van der Waals surface area (Å²) in [5.74, 6) is 0. The smallest absolute Gasteiger partial charge is 0.0617 e. The van der Waals surface area contributed by atoms with Crippen molar-refractivity contribution in [3.63, 3.8) is 0 Å².